The number of hydrogen-bond donors (Lipinski definition) is 1. The first-order valence-corrected chi connectivity index (χ1v) is 5.01. The highest BCUT2D eigenvalue weighted by Crippen LogP contribution is 2.20. The van der Waals surface area contributed by atoms with E-state index in [9.17, 15) is 0 Å². The van der Waals surface area contributed by atoms with Gasteiger partial charge in [-0.25, -0.2) is 0 Å². The average Bonchev–Trinajstić information content (AvgIpc) is 2.67. The van der Waals surface area contributed by atoms with E-state index >= 15 is 0 Å². The fourth-order valence-electron chi connectivity index (χ4n) is 1.19. The molecule has 1 aromatic carbocycles. The Labute approximate surface area is 92.3 Å². The Kier molecular flexibility index (Phi) is 2.87. The Bertz CT molecular complexity index is 455. The number of halogens is 1. The molecule has 1 N–H and O–H groups in total. The summed E-state index contributed by atoms with van der Waals surface area (Å²) in [4.78, 5) is 4.16. The summed E-state index contributed by atoms with van der Waals surface area (Å²) >= 11 is 5.86. The number of nitrogens with zero attached hydrogens (tertiary/aromatic N) is 2. The van der Waals surface area contributed by atoms with Crippen molar-refractivity contribution in [2.45, 2.75) is 6.92 Å². The molecule has 0 aliphatic carbocycles. The maximum atomic E-state index is 5.86. The van der Waals surface area contributed by atoms with Gasteiger partial charge in [-0.15, -0.1) is 0 Å². The van der Waals surface area contributed by atoms with E-state index in [1.807, 2.05) is 19.1 Å². The molecular weight excluding hydrogens is 214 g/mol. The molecule has 0 saturated carbocycles. The van der Waals surface area contributed by atoms with Gasteiger partial charge in [0.15, 0.2) is 0 Å². The monoisotopic (exact) mass is 223 g/mol. The van der Waals surface area contributed by atoms with Crippen molar-refractivity contribution in [3.8, 4) is 11.4 Å². The van der Waals surface area contributed by atoms with E-state index in [2.05, 4.69) is 15.5 Å². The van der Waals surface area contributed by atoms with Gasteiger partial charge in [0.25, 0.3) is 0 Å². The van der Waals surface area contributed by atoms with Gasteiger partial charge in [-0.3, -0.25) is 0 Å². The third-order valence-corrected chi connectivity index (χ3v) is 2.07. The minimum Gasteiger partial charge on any atom is -0.338 e. The van der Waals surface area contributed by atoms with E-state index in [1.54, 1.807) is 12.1 Å². The summed E-state index contributed by atoms with van der Waals surface area (Å²) in [6.45, 7) is 2.71. The molecule has 1 aromatic heterocycles. The zero-order valence-electron chi connectivity index (χ0n) is 8.20. The van der Waals surface area contributed by atoms with E-state index in [-0.39, 0.29) is 0 Å². The Morgan fingerprint density at radius 2 is 2.33 bits per heavy atom. The normalized spacial score (nSPS) is 10.3. The molecule has 1 heterocycles. The highest BCUT2D eigenvalue weighted by molar-refractivity contribution is 6.30. The number of benzene rings is 1. The third kappa shape index (κ3) is 2.27. The quantitative estimate of drug-likeness (QED) is 0.870. The zero-order chi connectivity index (χ0) is 10.7. The molecule has 0 aliphatic heterocycles. The van der Waals surface area contributed by atoms with Crippen molar-refractivity contribution in [3.63, 3.8) is 0 Å². The number of nitrogens with one attached hydrogen (secondary N) is 1. The van der Waals surface area contributed by atoms with Crippen LogP contribution in [-0.2, 0) is 0 Å². The zero-order valence-corrected chi connectivity index (χ0v) is 8.95. The fraction of sp³-hybridized carbons (Fsp3) is 0.200. The van der Waals surface area contributed by atoms with Gasteiger partial charge in [-0.1, -0.05) is 28.9 Å². The molecule has 0 saturated heterocycles. The van der Waals surface area contributed by atoms with Crippen LogP contribution in [0.2, 0.25) is 5.02 Å². The van der Waals surface area contributed by atoms with Gasteiger partial charge in [0.1, 0.15) is 0 Å². The van der Waals surface area contributed by atoms with Gasteiger partial charge in [0.2, 0.25) is 5.82 Å². The van der Waals surface area contributed by atoms with Crippen molar-refractivity contribution >= 4 is 17.6 Å². The number of aromatic nitrogens is 2. The summed E-state index contributed by atoms with van der Waals surface area (Å²) in [7, 11) is 0. The minimum atomic E-state index is 0.424. The largest absolute Gasteiger partial charge is 0.338 e. The van der Waals surface area contributed by atoms with Crippen molar-refractivity contribution < 1.29 is 4.52 Å². The SMILES string of the molecule is CCNc1nc(-c2cccc(Cl)c2)no1. The molecule has 0 radical (unpaired) electrons. The summed E-state index contributed by atoms with van der Waals surface area (Å²) in [6, 6.07) is 7.75. The van der Waals surface area contributed by atoms with Crippen LogP contribution in [-0.4, -0.2) is 16.7 Å². The molecule has 0 fully saturated rings. The fourth-order valence-corrected chi connectivity index (χ4v) is 1.38. The van der Waals surface area contributed by atoms with Gasteiger partial charge in [0, 0.05) is 17.1 Å². The second-order valence-electron chi connectivity index (χ2n) is 2.96. The molecule has 5 heteroatoms. The molecule has 0 bridgehead atoms. The topological polar surface area (TPSA) is 51.0 Å². The molecule has 0 aliphatic rings. The lowest BCUT2D eigenvalue weighted by atomic mass is 10.2. The molecule has 15 heavy (non-hydrogen) atoms. The second kappa shape index (κ2) is 4.31. The highest BCUT2D eigenvalue weighted by atomic mass is 35.5. The molecule has 4 nitrogen and oxygen atoms in total. The smallest absolute Gasteiger partial charge is 0.321 e. The first kappa shape index (κ1) is 9.98. The van der Waals surface area contributed by atoms with Crippen molar-refractivity contribution in [3.05, 3.63) is 29.3 Å². The van der Waals surface area contributed by atoms with Crippen LogP contribution >= 0.6 is 11.6 Å². The lowest BCUT2D eigenvalue weighted by molar-refractivity contribution is 0.432. The van der Waals surface area contributed by atoms with Crippen LogP contribution in [0.15, 0.2) is 28.8 Å². The van der Waals surface area contributed by atoms with Crippen LogP contribution in [0.1, 0.15) is 6.92 Å². The van der Waals surface area contributed by atoms with Gasteiger partial charge in [0.05, 0.1) is 0 Å². The van der Waals surface area contributed by atoms with Crippen LogP contribution < -0.4 is 5.32 Å². The second-order valence-corrected chi connectivity index (χ2v) is 3.40. The van der Waals surface area contributed by atoms with Crippen molar-refractivity contribution in [1.82, 2.24) is 10.1 Å². The highest BCUT2D eigenvalue weighted by Gasteiger charge is 2.07. The average molecular weight is 224 g/mol. The van der Waals surface area contributed by atoms with E-state index in [0.717, 1.165) is 12.1 Å². The molecule has 0 spiro atoms. The van der Waals surface area contributed by atoms with Crippen molar-refractivity contribution in [1.29, 1.82) is 0 Å². The van der Waals surface area contributed by atoms with E-state index in [0.29, 0.717) is 16.9 Å². The molecule has 0 amide bonds. The molecule has 2 rings (SSSR count). The van der Waals surface area contributed by atoms with Gasteiger partial charge < -0.3 is 9.84 Å². The van der Waals surface area contributed by atoms with Crippen molar-refractivity contribution in [2.24, 2.45) is 0 Å². The van der Waals surface area contributed by atoms with Gasteiger partial charge in [-0.05, 0) is 19.1 Å². The standard InChI is InChI=1S/C10H10ClN3O/c1-2-12-10-13-9(14-15-10)7-4-3-5-8(11)6-7/h3-6H,2H2,1H3,(H,12,13,14). The number of rotatable bonds is 3. The summed E-state index contributed by atoms with van der Waals surface area (Å²) in [6.07, 6.45) is 0. The number of hydrogen-bond acceptors (Lipinski definition) is 4. The summed E-state index contributed by atoms with van der Waals surface area (Å²) in [5.74, 6) is 0.536. The molecule has 2 aromatic rings. The molecule has 0 atom stereocenters. The third-order valence-electron chi connectivity index (χ3n) is 1.84. The van der Waals surface area contributed by atoms with Crippen LogP contribution in [0.3, 0.4) is 0 Å². The Morgan fingerprint density at radius 3 is 3.07 bits per heavy atom. The molecular formula is C10H10ClN3O. The van der Waals surface area contributed by atoms with E-state index in [1.165, 1.54) is 0 Å². The minimum absolute atomic E-state index is 0.424. The van der Waals surface area contributed by atoms with E-state index < -0.39 is 0 Å². The van der Waals surface area contributed by atoms with Crippen molar-refractivity contribution in [2.75, 3.05) is 11.9 Å². The summed E-state index contributed by atoms with van der Waals surface area (Å²) < 4.78 is 4.98. The maximum absolute atomic E-state index is 5.86. The van der Waals surface area contributed by atoms with Crippen LogP contribution in [0, 0.1) is 0 Å². The maximum Gasteiger partial charge on any atom is 0.321 e. The van der Waals surface area contributed by atoms with Crippen LogP contribution in [0.4, 0.5) is 6.01 Å². The Balaban J connectivity index is 2.29. The predicted molar refractivity (Wildman–Crippen MR) is 58.9 cm³/mol. The first-order chi connectivity index (χ1) is 7.29. The number of anilines is 1. The summed E-state index contributed by atoms with van der Waals surface area (Å²) in [5.41, 5.74) is 0.843. The summed E-state index contributed by atoms with van der Waals surface area (Å²) in [5, 5.41) is 7.43. The first-order valence-electron chi connectivity index (χ1n) is 4.63. The Hall–Kier alpha value is -1.55. The Morgan fingerprint density at radius 1 is 1.47 bits per heavy atom. The lowest BCUT2D eigenvalue weighted by Gasteiger charge is -1.94. The van der Waals surface area contributed by atoms with Crippen LogP contribution in [0.5, 0.6) is 0 Å². The molecule has 0 unspecified atom stereocenters. The van der Waals surface area contributed by atoms with E-state index in [4.69, 9.17) is 16.1 Å². The van der Waals surface area contributed by atoms with Gasteiger partial charge in [-0.2, -0.15) is 4.98 Å². The predicted octanol–water partition coefficient (Wildman–Crippen LogP) is 2.82. The van der Waals surface area contributed by atoms with Gasteiger partial charge >= 0.3 is 6.01 Å². The molecule has 78 valence electrons. The van der Waals surface area contributed by atoms with Crippen LogP contribution in [0.25, 0.3) is 11.4 Å². The lowest BCUT2D eigenvalue weighted by Crippen LogP contribution is -1.95.